The third-order valence-electron chi connectivity index (χ3n) is 0.797. The monoisotopic (exact) mass is 218 g/mol. The highest BCUT2D eigenvalue weighted by atomic mass is 79.9. The molecule has 0 aromatic heterocycles. The minimum Gasteiger partial charge on any atom is -0.288 e. The van der Waals surface area contributed by atoms with E-state index in [2.05, 4.69) is 15.9 Å². The summed E-state index contributed by atoms with van der Waals surface area (Å²) in [5.74, 6) is -1.76. The molecule has 0 rings (SSSR count). The van der Waals surface area contributed by atoms with Crippen LogP contribution in [-0.2, 0) is 4.79 Å². The number of hydrogen-bond acceptors (Lipinski definition) is 1. The number of hydrogen-bond donors (Lipinski definition) is 0. The predicted octanol–water partition coefficient (Wildman–Crippen LogP) is 2.29. The summed E-state index contributed by atoms with van der Waals surface area (Å²) in [6, 6.07) is 0. The van der Waals surface area contributed by atoms with Gasteiger partial charge in [-0.1, -0.05) is 15.9 Å². The van der Waals surface area contributed by atoms with Crippen molar-refractivity contribution < 1.29 is 18.0 Å². The van der Waals surface area contributed by atoms with Crippen molar-refractivity contribution >= 4 is 21.7 Å². The van der Waals surface area contributed by atoms with Crippen LogP contribution in [0.3, 0.4) is 0 Å². The second kappa shape index (κ2) is 2.53. The largest absolute Gasteiger partial charge is 0.451 e. The molecule has 0 aliphatic rings. The molecule has 0 heterocycles. The zero-order chi connectivity index (χ0) is 8.58. The van der Waals surface area contributed by atoms with Crippen LogP contribution in [0.4, 0.5) is 13.2 Å². The van der Waals surface area contributed by atoms with E-state index in [9.17, 15) is 18.0 Å². The number of halogens is 4. The molecule has 0 unspecified atom stereocenters. The molecular formula is C5H6BrF3O. The summed E-state index contributed by atoms with van der Waals surface area (Å²) >= 11 is 2.61. The summed E-state index contributed by atoms with van der Waals surface area (Å²) < 4.78 is 33.2. The number of carbonyl (C=O) groups is 1. The Morgan fingerprint density at radius 1 is 1.30 bits per heavy atom. The summed E-state index contributed by atoms with van der Waals surface area (Å²) in [5, 5.41) is 0. The Kier molecular flexibility index (Phi) is 2.51. The SMILES string of the molecule is CC(C)(Br)C(=O)C(F)(F)F. The highest BCUT2D eigenvalue weighted by Gasteiger charge is 2.46. The molecule has 0 atom stereocenters. The molecule has 0 aliphatic heterocycles. The predicted molar refractivity (Wildman–Crippen MR) is 34.1 cm³/mol. The fraction of sp³-hybridized carbons (Fsp3) is 0.800. The van der Waals surface area contributed by atoms with Crippen molar-refractivity contribution in [2.75, 3.05) is 0 Å². The molecule has 0 N–H and O–H groups in total. The zero-order valence-electron chi connectivity index (χ0n) is 5.42. The van der Waals surface area contributed by atoms with Crippen molar-refractivity contribution in [1.29, 1.82) is 0 Å². The molecule has 60 valence electrons. The van der Waals surface area contributed by atoms with E-state index in [4.69, 9.17) is 0 Å². The van der Waals surface area contributed by atoms with Gasteiger partial charge in [-0.05, 0) is 13.8 Å². The van der Waals surface area contributed by atoms with Gasteiger partial charge in [-0.2, -0.15) is 13.2 Å². The van der Waals surface area contributed by atoms with Crippen LogP contribution in [0.1, 0.15) is 13.8 Å². The van der Waals surface area contributed by atoms with Crippen LogP contribution in [0, 0.1) is 0 Å². The Bertz CT molecular complexity index is 128. The topological polar surface area (TPSA) is 17.1 Å². The van der Waals surface area contributed by atoms with E-state index in [1.165, 1.54) is 0 Å². The molecule has 10 heavy (non-hydrogen) atoms. The first-order valence-electron chi connectivity index (χ1n) is 2.46. The molecule has 1 nitrogen and oxygen atoms in total. The van der Waals surface area contributed by atoms with Crippen molar-refractivity contribution in [3.8, 4) is 0 Å². The normalized spacial score (nSPS) is 13.4. The number of carbonyl (C=O) groups excluding carboxylic acids is 1. The third-order valence-corrected chi connectivity index (χ3v) is 1.16. The number of rotatable bonds is 1. The molecule has 0 aromatic rings. The first kappa shape index (κ1) is 9.94. The van der Waals surface area contributed by atoms with Crippen molar-refractivity contribution in [3.63, 3.8) is 0 Å². The van der Waals surface area contributed by atoms with E-state index in [0.29, 0.717) is 0 Å². The van der Waals surface area contributed by atoms with E-state index < -0.39 is 16.3 Å². The maximum Gasteiger partial charge on any atom is 0.451 e. The van der Waals surface area contributed by atoms with Crippen LogP contribution in [0.2, 0.25) is 0 Å². The molecule has 0 radical (unpaired) electrons. The fourth-order valence-electron chi connectivity index (χ4n) is 0.337. The summed E-state index contributed by atoms with van der Waals surface area (Å²) in [4.78, 5) is 10.3. The highest BCUT2D eigenvalue weighted by Crippen LogP contribution is 2.28. The Morgan fingerprint density at radius 2 is 1.60 bits per heavy atom. The number of alkyl halides is 4. The quantitative estimate of drug-likeness (QED) is 0.618. The standard InChI is InChI=1S/C5H6BrF3O/c1-4(2,6)3(10)5(7,8)9/h1-2H3. The molecular weight excluding hydrogens is 213 g/mol. The molecule has 0 spiro atoms. The lowest BCUT2D eigenvalue weighted by molar-refractivity contribution is -0.172. The van der Waals surface area contributed by atoms with Crippen LogP contribution >= 0.6 is 15.9 Å². The maximum absolute atomic E-state index is 11.6. The van der Waals surface area contributed by atoms with E-state index in [1.54, 1.807) is 0 Å². The van der Waals surface area contributed by atoms with Crippen LogP contribution in [0.15, 0.2) is 0 Å². The van der Waals surface area contributed by atoms with Gasteiger partial charge in [-0.3, -0.25) is 4.79 Å². The first-order chi connectivity index (χ1) is 4.15. The van der Waals surface area contributed by atoms with Gasteiger partial charge < -0.3 is 0 Å². The van der Waals surface area contributed by atoms with Crippen molar-refractivity contribution in [1.82, 2.24) is 0 Å². The lowest BCUT2D eigenvalue weighted by atomic mass is 10.1. The number of Topliss-reactive ketones (excluding diaryl/α,β-unsaturated/α-hetero) is 1. The molecule has 0 saturated heterocycles. The van der Waals surface area contributed by atoms with Crippen LogP contribution in [0.5, 0.6) is 0 Å². The van der Waals surface area contributed by atoms with Gasteiger partial charge in [0.05, 0.1) is 4.32 Å². The van der Waals surface area contributed by atoms with Gasteiger partial charge in [0, 0.05) is 0 Å². The molecule has 0 amide bonds. The average molecular weight is 219 g/mol. The zero-order valence-corrected chi connectivity index (χ0v) is 7.01. The van der Waals surface area contributed by atoms with Crippen LogP contribution < -0.4 is 0 Å². The van der Waals surface area contributed by atoms with Crippen LogP contribution in [0.25, 0.3) is 0 Å². The van der Waals surface area contributed by atoms with Gasteiger partial charge in [-0.25, -0.2) is 0 Å². The maximum atomic E-state index is 11.6. The van der Waals surface area contributed by atoms with Gasteiger partial charge in [0.1, 0.15) is 0 Å². The van der Waals surface area contributed by atoms with Gasteiger partial charge in [0.2, 0.25) is 0 Å². The summed E-state index contributed by atoms with van der Waals surface area (Å²) in [5.41, 5.74) is 0. The molecule has 0 bridgehead atoms. The first-order valence-corrected chi connectivity index (χ1v) is 3.25. The molecule has 0 saturated carbocycles. The average Bonchev–Trinajstić information content (AvgIpc) is 1.59. The Balaban J connectivity index is 4.40. The van der Waals surface area contributed by atoms with Gasteiger partial charge in [0.15, 0.2) is 0 Å². The lowest BCUT2D eigenvalue weighted by Crippen LogP contribution is -2.37. The number of ketones is 1. The summed E-state index contributed by atoms with van der Waals surface area (Å²) in [6.45, 7) is 2.31. The molecule has 0 fully saturated rings. The van der Waals surface area contributed by atoms with Crippen molar-refractivity contribution in [2.45, 2.75) is 24.3 Å². The molecule has 5 heteroatoms. The van der Waals surface area contributed by atoms with E-state index in [-0.39, 0.29) is 0 Å². The minimum atomic E-state index is -4.74. The second-order valence-corrected chi connectivity index (χ2v) is 4.28. The minimum absolute atomic E-state index is 1.16. The van der Waals surface area contributed by atoms with Crippen molar-refractivity contribution in [2.24, 2.45) is 0 Å². The fourth-order valence-corrected chi connectivity index (χ4v) is 0.562. The Labute approximate surface area is 64.7 Å². The van der Waals surface area contributed by atoms with Gasteiger partial charge in [-0.15, -0.1) is 0 Å². The van der Waals surface area contributed by atoms with Crippen molar-refractivity contribution in [3.05, 3.63) is 0 Å². The van der Waals surface area contributed by atoms with E-state index >= 15 is 0 Å². The van der Waals surface area contributed by atoms with Gasteiger partial charge in [0.25, 0.3) is 5.78 Å². The highest BCUT2D eigenvalue weighted by molar-refractivity contribution is 9.10. The van der Waals surface area contributed by atoms with E-state index in [0.717, 1.165) is 13.8 Å². The van der Waals surface area contributed by atoms with Crippen LogP contribution in [-0.4, -0.2) is 16.3 Å². The Morgan fingerprint density at radius 3 is 1.60 bits per heavy atom. The Hall–Kier alpha value is -0.0600. The smallest absolute Gasteiger partial charge is 0.288 e. The van der Waals surface area contributed by atoms with E-state index in [1.807, 2.05) is 0 Å². The molecule has 0 aromatic carbocycles. The second-order valence-electron chi connectivity index (χ2n) is 2.30. The summed E-state index contributed by atoms with van der Waals surface area (Å²) in [6.07, 6.45) is -4.74. The third kappa shape index (κ3) is 2.68. The molecule has 0 aliphatic carbocycles. The lowest BCUT2D eigenvalue weighted by Gasteiger charge is -2.15. The van der Waals surface area contributed by atoms with Gasteiger partial charge >= 0.3 is 6.18 Å². The summed E-state index contributed by atoms with van der Waals surface area (Å²) in [7, 11) is 0.